The van der Waals surface area contributed by atoms with E-state index in [4.69, 9.17) is 5.73 Å². The Bertz CT molecular complexity index is 646. The van der Waals surface area contributed by atoms with Crippen LogP contribution in [0.5, 0.6) is 0 Å². The van der Waals surface area contributed by atoms with Gasteiger partial charge in [0.1, 0.15) is 5.82 Å². The summed E-state index contributed by atoms with van der Waals surface area (Å²) in [6.45, 7) is 0. The first-order valence-corrected chi connectivity index (χ1v) is 6.66. The molecule has 100 valence electrons. The van der Waals surface area contributed by atoms with Crippen LogP contribution in [0.2, 0.25) is 0 Å². The highest BCUT2D eigenvalue weighted by molar-refractivity contribution is 7.84. The molecule has 0 spiro atoms. The predicted molar refractivity (Wildman–Crippen MR) is 67.3 cm³/mol. The Kier molecular flexibility index (Phi) is 3.90. The van der Waals surface area contributed by atoms with Crippen molar-refractivity contribution >= 4 is 16.5 Å². The summed E-state index contributed by atoms with van der Waals surface area (Å²) in [5, 5.41) is 0. The topological polar surface area (TPSA) is 43.1 Å². The number of nitrogen functional groups attached to an aromatic ring is 1. The first-order valence-electron chi connectivity index (χ1n) is 5.34. The number of halogens is 3. The normalized spacial score (nSPS) is 12.4. The van der Waals surface area contributed by atoms with Crippen molar-refractivity contribution in [3.63, 3.8) is 0 Å². The van der Waals surface area contributed by atoms with Crippen LogP contribution in [0.1, 0.15) is 5.56 Å². The molecule has 0 saturated heterocycles. The third-order valence-corrected chi connectivity index (χ3v) is 3.90. The lowest BCUT2D eigenvalue weighted by Gasteiger charge is -2.06. The van der Waals surface area contributed by atoms with Gasteiger partial charge in [-0.1, -0.05) is 6.07 Å². The monoisotopic (exact) mass is 285 g/mol. The van der Waals surface area contributed by atoms with Gasteiger partial charge in [-0.25, -0.2) is 13.2 Å². The second-order valence-electron chi connectivity index (χ2n) is 3.91. The number of benzene rings is 2. The highest BCUT2D eigenvalue weighted by atomic mass is 32.2. The molecule has 0 heterocycles. The number of hydrogen-bond donors (Lipinski definition) is 1. The van der Waals surface area contributed by atoms with E-state index in [0.717, 1.165) is 18.2 Å². The van der Waals surface area contributed by atoms with Crippen LogP contribution in [0.4, 0.5) is 18.9 Å². The zero-order chi connectivity index (χ0) is 14.0. The van der Waals surface area contributed by atoms with Crippen LogP contribution in [0.25, 0.3) is 0 Å². The van der Waals surface area contributed by atoms with Gasteiger partial charge in [-0.2, -0.15) is 0 Å². The van der Waals surface area contributed by atoms with Gasteiger partial charge in [-0.3, -0.25) is 4.21 Å². The van der Waals surface area contributed by atoms with E-state index >= 15 is 0 Å². The van der Waals surface area contributed by atoms with Gasteiger partial charge in [0.25, 0.3) is 0 Å². The van der Waals surface area contributed by atoms with Crippen LogP contribution in [0.15, 0.2) is 41.3 Å². The highest BCUT2D eigenvalue weighted by Gasteiger charge is 2.11. The zero-order valence-electron chi connectivity index (χ0n) is 9.70. The van der Waals surface area contributed by atoms with E-state index < -0.39 is 28.3 Å². The second kappa shape index (κ2) is 5.44. The minimum Gasteiger partial charge on any atom is -0.398 e. The molecule has 2 aromatic rings. The van der Waals surface area contributed by atoms with Crippen LogP contribution in [0, 0.1) is 17.5 Å². The summed E-state index contributed by atoms with van der Waals surface area (Å²) in [7, 11) is -1.58. The quantitative estimate of drug-likeness (QED) is 0.881. The third kappa shape index (κ3) is 3.14. The fourth-order valence-corrected chi connectivity index (χ4v) is 2.71. The Morgan fingerprint density at radius 1 is 1.00 bits per heavy atom. The van der Waals surface area contributed by atoms with Crippen LogP contribution in [0.3, 0.4) is 0 Å². The molecule has 0 aliphatic rings. The first kappa shape index (κ1) is 13.6. The average molecular weight is 285 g/mol. The van der Waals surface area contributed by atoms with Gasteiger partial charge in [0.15, 0.2) is 11.6 Å². The summed E-state index contributed by atoms with van der Waals surface area (Å²) >= 11 is 0. The summed E-state index contributed by atoms with van der Waals surface area (Å²) in [4.78, 5) is 0.155. The van der Waals surface area contributed by atoms with Crippen molar-refractivity contribution in [3.05, 3.63) is 59.4 Å². The van der Waals surface area contributed by atoms with Gasteiger partial charge < -0.3 is 5.73 Å². The first-order chi connectivity index (χ1) is 8.97. The Balaban J connectivity index is 2.23. The predicted octanol–water partition coefficient (Wildman–Crippen LogP) is 2.99. The molecule has 0 aliphatic heterocycles. The molecular formula is C13H10F3NOS. The standard InChI is InChI=1S/C13H10F3NOS/c14-9-2-1-8(13(17)5-9)7-19(18)10-3-4-11(15)12(16)6-10/h1-6H,7,17H2. The molecule has 0 saturated carbocycles. The average Bonchev–Trinajstić information content (AvgIpc) is 2.36. The van der Waals surface area contributed by atoms with Crippen LogP contribution >= 0.6 is 0 Å². The molecular weight excluding hydrogens is 275 g/mol. The van der Waals surface area contributed by atoms with E-state index in [0.29, 0.717) is 5.56 Å². The maximum absolute atomic E-state index is 13.0. The summed E-state index contributed by atoms with van der Waals surface area (Å²) in [6, 6.07) is 6.78. The van der Waals surface area contributed by atoms with Crippen molar-refractivity contribution in [1.82, 2.24) is 0 Å². The summed E-state index contributed by atoms with van der Waals surface area (Å²) in [5.74, 6) is -2.53. The number of nitrogens with two attached hydrogens (primary N) is 1. The largest absolute Gasteiger partial charge is 0.398 e. The lowest BCUT2D eigenvalue weighted by atomic mass is 10.2. The van der Waals surface area contributed by atoms with Gasteiger partial charge in [0, 0.05) is 10.6 Å². The molecule has 0 aromatic heterocycles. The van der Waals surface area contributed by atoms with E-state index in [1.165, 1.54) is 18.2 Å². The minimum absolute atomic E-state index is 0.0111. The van der Waals surface area contributed by atoms with Crippen molar-refractivity contribution in [2.75, 3.05) is 5.73 Å². The Hall–Kier alpha value is -1.82. The van der Waals surface area contributed by atoms with Crippen LogP contribution < -0.4 is 5.73 Å². The number of rotatable bonds is 3. The van der Waals surface area contributed by atoms with Gasteiger partial charge >= 0.3 is 0 Å². The molecule has 2 nitrogen and oxygen atoms in total. The molecule has 0 fully saturated rings. The van der Waals surface area contributed by atoms with Crippen LogP contribution in [-0.4, -0.2) is 4.21 Å². The lowest BCUT2D eigenvalue weighted by Crippen LogP contribution is -2.02. The maximum atomic E-state index is 13.0. The lowest BCUT2D eigenvalue weighted by molar-refractivity contribution is 0.505. The van der Waals surface area contributed by atoms with Gasteiger partial charge in [-0.15, -0.1) is 0 Å². The van der Waals surface area contributed by atoms with Gasteiger partial charge in [0.2, 0.25) is 0 Å². The summed E-state index contributed by atoms with van der Waals surface area (Å²) in [6.07, 6.45) is 0. The summed E-state index contributed by atoms with van der Waals surface area (Å²) < 4.78 is 50.6. The Morgan fingerprint density at radius 2 is 1.74 bits per heavy atom. The molecule has 0 bridgehead atoms. The molecule has 2 aromatic carbocycles. The van der Waals surface area contributed by atoms with Crippen molar-refractivity contribution < 1.29 is 17.4 Å². The minimum atomic E-state index is -1.58. The highest BCUT2D eigenvalue weighted by Crippen LogP contribution is 2.19. The fourth-order valence-electron chi connectivity index (χ4n) is 1.54. The van der Waals surface area contributed by atoms with Crippen molar-refractivity contribution in [2.24, 2.45) is 0 Å². The SMILES string of the molecule is Nc1cc(F)ccc1CS(=O)c1ccc(F)c(F)c1. The molecule has 2 N–H and O–H groups in total. The summed E-state index contributed by atoms with van der Waals surface area (Å²) in [5.41, 5.74) is 6.26. The second-order valence-corrected chi connectivity index (χ2v) is 5.36. The molecule has 19 heavy (non-hydrogen) atoms. The molecule has 0 aliphatic carbocycles. The molecule has 2 rings (SSSR count). The Labute approximate surface area is 110 Å². The third-order valence-electron chi connectivity index (χ3n) is 2.55. The van der Waals surface area contributed by atoms with Crippen molar-refractivity contribution in [3.8, 4) is 0 Å². The molecule has 6 heteroatoms. The molecule has 1 atom stereocenters. The van der Waals surface area contributed by atoms with Gasteiger partial charge in [0.05, 0.1) is 16.6 Å². The van der Waals surface area contributed by atoms with E-state index in [1.807, 2.05) is 0 Å². The van der Waals surface area contributed by atoms with E-state index in [2.05, 4.69) is 0 Å². The number of anilines is 1. The zero-order valence-corrected chi connectivity index (χ0v) is 10.5. The van der Waals surface area contributed by atoms with Crippen molar-refractivity contribution in [1.29, 1.82) is 0 Å². The molecule has 0 amide bonds. The molecule has 1 unspecified atom stereocenters. The molecule has 0 radical (unpaired) electrons. The van der Waals surface area contributed by atoms with Crippen LogP contribution in [-0.2, 0) is 16.6 Å². The van der Waals surface area contributed by atoms with E-state index in [-0.39, 0.29) is 16.3 Å². The fraction of sp³-hybridized carbons (Fsp3) is 0.0769. The van der Waals surface area contributed by atoms with Crippen molar-refractivity contribution in [2.45, 2.75) is 10.6 Å². The maximum Gasteiger partial charge on any atom is 0.160 e. The Morgan fingerprint density at radius 3 is 2.37 bits per heavy atom. The van der Waals surface area contributed by atoms with E-state index in [1.54, 1.807) is 0 Å². The number of hydrogen-bond acceptors (Lipinski definition) is 2. The van der Waals surface area contributed by atoms with E-state index in [9.17, 15) is 17.4 Å². The smallest absolute Gasteiger partial charge is 0.160 e. The van der Waals surface area contributed by atoms with Gasteiger partial charge in [-0.05, 0) is 35.9 Å².